The van der Waals surface area contributed by atoms with Gasteiger partial charge in [-0.2, -0.15) is 0 Å². The number of fused-ring (bicyclic) bond motifs is 2. The summed E-state index contributed by atoms with van der Waals surface area (Å²) in [4.78, 5) is 15.9. The molecule has 0 saturated heterocycles. The molecular formula is C17H18N2O2S. The first-order valence-corrected chi connectivity index (χ1v) is 7.85. The number of rotatable bonds is 5. The molecule has 1 heterocycles. The second-order valence-corrected chi connectivity index (χ2v) is 5.57. The maximum Gasteiger partial charge on any atom is 0.262 e. The van der Waals surface area contributed by atoms with Gasteiger partial charge in [0, 0.05) is 19.8 Å². The highest BCUT2D eigenvalue weighted by Crippen LogP contribution is 2.19. The molecule has 3 aromatic rings. The van der Waals surface area contributed by atoms with Crippen LogP contribution in [-0.4, -0.2) is 22.8 Å². The fourth-order valence-corrected chi connectivity index (χ4v) is 2.90. The van der Waals surface area contributed by atoms with Crippen molar-refractivity contribution in [3.05, 3.63) is 51.5 Å². The van der Waals surface area contributed by atoms with Crippen LogP contribution < -0.4 is 5.56 Å². The number of ether oxygens (including phenoxy) is 1. The molecule has 0 aliphatic heterocycles. The lowest BCUT2D eigenvalue weighted by Gasteiger charge is -2.09. The van der Waals surface area contributed by atoms with E-state index in [-0.39, 0.29) is 5.56 Å². The molecule has 4 nitrogen and oxygen atoms in total. The summed E-state index contributed by atoms with van der Waals surface area (Å²) in [6.07, 6.45) is 0.768. The molecule has 0 saturated carbocycles. The van der Waals surface area contributed by atoms with E-state index in [1.807, 2.05) is 43.3 Å². The Morgan fingerprint density at radius 1 is 1.23 bits per heavy atom. The molecule has 1 aromatic heterocycles. The van der Waals surface area contributed by atoms with Crippen molar-refractivity contribution in [2.75, 3.05) is 13.2 Å². The first-order valence-electron chi connectivity index (χ1n) is 7.44. The lowest BCUT2D eigenvalue weighted by Crippen LogP contribution is -2.23. The first-order chi connectivity index (χ1) is 10.7. The summed E-state index contributed by atoms with van der Waals surface area (Å²) >= 11 is 5.33. The predicted octanol–water partition coefficient (Wildman–Crippen LogP) is 3.64. The van der Waals surface area contributed by atoms with E-state index in [9.17, 15) is 4.79 Å². The third-order valence-electron chi connectivity index (χ3n) is 3.72. The number of hydrogen-bond acceptors (Lipinski definition) is 3. The van der Waals surface area contributed by atoms with Crippen LogP contribution in [0.5, 0.6) is 0 Å². The van der Waals surface area contributed by atoms with Gasteiger partial charge in [0.25, 0.3) is 5.56 Å². The summed E-state index contributed by atoms with van der Waals surface area (Å²) in [6.45, 7) is 3.84. The van der Waals surface area contributed by atoms with Gasteiger partial charge < -0.3 is 9.72 Å². The summed E-state index contributed by atoms with van der Waals surface area (Å²) in [6, 6.07) is 11.9. The number of H-pyrrole nitrogens is 1. The van der Waals surface area contributed by atoms with Gasteiger partial charge >= 0.3 is 0 Å². The number of nitrogens with one attached hydrogen (secondary N) is 1. The van der Waals surface area contributed by atoms with Gasteiger partial charge in [-0.1, -0.05) is 24.3 Å². The van der Waals surface area contributed by atoms with E-state index in [1.165, 1.54) is 0 Å². The van der Waals surface area contributed by atoms with Gasteiger partial charge in [-0.3, -0.25) is 9.36 Å². The Balaban J connectivity index is 2.09. The van der Waals surface area contributed by atoms with Gasteiger partial charge in [-0.15, -0.1) is 0 Å². The average molecular weight is 314 g/mol. The lowest BCUT2D eigenvalue weighted by atomic mass is 10.1. The van der Waals surface area contributed by atoms with Crippen LogP contribution in [0, 0.1) is 4.77 Å². The number of aromatic amines is 1. The van der Waals surface area contributed by atoms with Crippen molar-refractivity contribution < 1.29 is 4.74 Å². The topological polar surface area (TPSA) is 47.0 Å². The van der Waals surface area contributed by atoms with Crippen molar-refractivity contribution in [1.82, 2.24) is 9.55 Å². The van der Waals surface area contributed by atoms with Crippen LogP contribution in [0.3, 0.4) is 0 Å². The van der Waals surface area contributed by atoms with Crippen LogP contribution in [0.15, 0.2) is 41.2 Å². The second-order valence-electron chi connectivity index (χ2n) is 5.18. The van der Waals surface area contributed by atoms with Gasteiger partial charge in [-0.05, 0) is 48.5 Å². The minimum atomic E-state index is -0.0407. The SMILES string of the molecule is CCOCCCn1c(=S)[nH]c2cc3ccccc3cc2c1=O. The van der Waals surface area contributed by atoms with Gasteiger partial charge in [-0.25, -0.2) is 0 Å². The Kier molecular flexibility index (Phi) is 4.36. The standard InChI is InChI=1S/C17H18N2O2S/c1-2-21-9-5-8-19-16(20)14-10-12-6-3-4-7-13(12)11-15(14)18-17(19)22/h3-4,6-7,10-11H,2,5,8-9H2,1H3,(H,18,22). The summed E-state index contributed by atoms with van der Waals surface area (Å²) in [5.74, 6) is 0. The molecule has 0 fully saturated rings. The Morgan fingerprint density at radius 3 is 2.68 bits per heavy atom. The molecule has 2 aromatic carbocycles. The number of nitrogens with zero attached hydrogens (tertiary/aromatic N) is 1. The molecule has 5 heteroatoms. The minimum absolute atomic E-state index is 0.0407. The van der Waals surface area contributed by atoms with E-state index in [4.69, 9.17) is 17.0 Å². The molecule has 114 valence electrons. The zero-order valence-electron chi connectivity index (χ0n) is 12.5. The maximum atomic E-state index is 12.7. The van der Waals surface area contributed by atoms with Crippen molar-refractivity contribution >= 4 is 33.9 Å². The minimum Gasteiger partial charge on any atom is -0.382 e. The Bertz CT molecular complexity index is 927. The van der Waals surface area contributed by atoms with Crippen LogP contribution in [0.4, 0.5) is 0 Å². The average Bonchev–Trinajstić information content (AvgIpc) is 2.52. The van der Waals surface area contributed by atoms with Crippen LogP contribution in [0.2, 0.25) is 0 Å². The molecule has 3 rings (SSSR count). The van der Waals surface area contributed by atoms with E-state index < -0.39 is 0 Å². The summed E-state index contributed by atoms with van der Waals surface area (Å²) in [7, 11) is 0. The van der Waals surface area contributed by atoms with Gasteiger partial charge in [0.05, 0.1) is 10.9 Å². The van der Waals surface area contributed by atoms with E-state index in [1.54, 1.807) is 4.57 Å². The molecule has 0 amide bonds. The molecular weight excluding hydrogens is 296 g/mol. The number of hydrogen-bond donors (Lipinski definition) is 1. The molecule has 0 unspecified atom stereocenters. The maximum absolute atomic E-state index is 12.7. The smallest absolute Gasteiger partial charge is 0.262 e. The molecule has 22 heavy (non-hydrogen) atoms. The van der Waals surface area contributed by atoms with Gasteiger partial charge in [0.1, 0.15) is 0 Å². The first kappa shape index (κ1) is 14.9. The van der Waals surface area contributed by atoms with Gasteiger partial charge in [0.2, 0.25) is 0 Å². The molecule has 0 bridgehead atoms. The van der Waals surface area contributed by atoms with Crippen molar-refractivity contribution in [2.45, 2.75) is 19.9 Å². The highest BCUT2D eigenvalue weighted by Gasteiger charge is 2.07. The predicted molar refractivity (Wildman–Crippen MR) is 92.0 cm³/mol. The summed E-state index contributed by atoms with van der Waals surface area (Å²) in [5.41, 5.74) is 0.746. The van der Waals surface area contributed by atoms with E-state index >= 15 is 0 Å². The number of aromatic nitrogens is 2. The fraction of sp³-hybridized carbons (Fsp3) is 0.294. The Labute approximate surface area is 133 Å². The lowest BCUT2D eigenvalue weighted by molar-refractivity contribution is 0.141. The highest BCUT2D eigenvalue weighted by atomic mass is 32.1. The van der Waals surface area contributed by atoms with E-state index in [0.717, 1.165) is 22.7 Å². The summed E-state index contributed by atoms with van der Waals surface area (Å²) < 4.78 is 7.40. The third kappa shape index (κ3) is 2.82. The van der Waals surface area contributed by atoms with Crippen molar-refractivity contribution in [3.8, 4) is 0 Å². The van der Waals surface area contributed by atoms with Crippen LogP contribution in [-0.2, 0) is 11.3 Å². The Morgan fingerprint density at radius 2 is 1.95 bits per heavy atom. The zero-order chi connectivity index (χ0) is 15.5. The fourth-order valence-electron chi connectivity index (χ4n) is 2.61. The van der Waals surface area contributed by atoms with Crippen LogP contribution in [0.25, 0.3) is 21.7 Å². The van der Waals surface area contributed by atoms with Crippen molar-refractivity contribution in [2.24, 2.45) is 0 Å². The summed E-state index contributed by atoms with van der Waals surface area (Å²) in [5, 5.41) is 2.82. The Hall–Kier alpha value is -1.98. The molecule has 1 N–H and O–H groups in total. The van der Waals surface area contributed by atoms with Crippen molar-refractivity contribution in [3.63, 3.8) is 0 Å². The monoisotopic (exact) mass is 314 g/mol. The molecule has 0 spiro atoms. The highest BCUT2D eigenvalue weighted by molar-refractivity contribution is 7.71. The normalized spacial score (nSPS) is 11.3. The number of benzene rings is 2. The zero-order valence-corrected chi connectivity index (χ0v) is 13.3. The molecule has 0 atom stereocenters. The third-order valence-corrected chi connectivity index (χ3v) is 4.05. The van der Waals surface area contributed by atoms with Gasteiger partial charge in [0.15, 0.2) is 4.77 Å². The second kappa shape index (κ2) is 6.42. The van der Waals surface area contributed by atoms with Crippen LogP contribution >= 0.6 is 12.2 Å². The van der Waals surface area contributed by atoms with E-state index in [0.29, 0.717) is 29.9 Å². The van der Waals surface area contributed by atoms with Crippen LogP contribution in [0.1, 0.15) is 13.3 Å². The largest absolute Gasteiger partial charge is 0.382 e. The van der Waals surface area contributed by atoms with Crippen molar-refractivity contribution in [1.29, 1.82) is 0 Å². The van der Waals surface area contributed by atoms with E-state index in [2.05, 4.69) is 4.98 Å². The quantitative estimate of drug-likeness (QED) is 0.444. The molecule has 0 aliphatic carbocycles. The molecule has 0 aliphatic rings. The molecule has 0 radical (unpaired) electrons.